The molecule has 0 amide bonds. The van der Waals surface area contributed by atoms with Gasteiger partial charge in [-0.05, 0) is 75.9 Å². The second kappa shape index (κ2) is 9.92. The van der Waals surface area contributed by atoms with Crippen LogP contribution < -0.4 is 9.47 Å². The Kier molecular flexibility index (Phi) is 6.99. The molecule has 4 nitrogen and oxygen atoms in total. The molecule has 0 fully saturated rings. The van der Waals surface area contributed by atoms with E-state index in [1.54, 1.807) is 12.3 Å². The van der Waals surface area contributed by atoms with Gasteiger partial charge in [-0.2, -0.15) is 0 Å². The second-order valence-corrected chi connectivity index (χ2v) is 8.68. The molecular formula is C28H33FN2O2. The Morgan fingerprint density at radius 3 is 2.61 bits per heavy atom. The number of hydrogen-bond donors (Lipinski definition) is 0. The zero-order valence-corrected chi connectivity index (χ0v) is 20.0. The Morgan fingerprint density at radius 1 is 1.09 bits per heavy atom. The number of nitrogens with zero attached hydrogens (tertiary/aromatic N) is 2. The maximum absolute atomic E-state index is 16.1. The summed E-state index contributed by atoms with van der Waals surface area (Å²) in [6.45, 7) is 6.73. The maximum atomic E-state index is 16.1. The van der Waals surface area contributed by atoms with Gasteiger partial charge < -0.3 is 9.47 Å². The van der Waals surface area contributed by atoms with Crippen molar-refractivity contribution in [3.63, 3.8) is 0 Å². The van der Waals surface area contributed by atoms with Gasteiger partial charge in [0, 0.05) is 30.1 Å². The summed E-state index contributed by atoms with van der Waals surface area (Å²) in [7, 11) is 2.09. The molecule has 0 spiro atoms. The van der Waals surface area contributed by atoms with E-state index in [2.05, 4.69) is 48.1 Å². The molecule has 1 heterocycles. The van der Waals surface area contributed by atoms with E-state index in [0.717, 1.165) is 24.8 Å². The van der Waals surface area contributed by atoms with Gasteiger partial charge in [-0.3, -0.25) is 9.88 Å². The van der Waals surface area contributed by atoms with Crippen LogP contribution in [0.25, 0.3) is 0 Å². The zero-order chi connectivity index (χ0) is 23.4. The Morgan fingerprint density at radius 2 is 1.88 bits per heavy atom. The molecule has 0 bridgehead atoms. The van der Waals surface area contributed by atoms with E-state index < -0.39 is 5.54 Å². The van der Waals surface area contributed by atoms with Crippen LogP contribution in [0.2, 0.25) is 0 Å². The third kappa shape index (κ3) is 4.34. The molecule has 0 saturated heterocycles. The van der Waals surface area contributed by atoms with Gasteiger partial charge in [0.25, 0.3) is 0 Å². The van der Waals surface area contributed by atoms with Crippen LogP contribution in [0.4, 0.5) is 4.39 Å². The molecule has 2 atom stereocenters. The Balaban J connectivity index is 1.92. The van der Waals surface area contributed by atoms with Crippen LogP contribution in [-0.2, 0) is 12.0 Å². The Bertz CT molecular complexity index is 1090. The van der Waals surface area contributed by atoms with Crippen molar-refractivity contribution in [2.45, 2.75) is 51.6 Å². The number of hydrogen-bond acceptors (Lipinski definition) is 4. The normalized spacial score (nSPS) is 17.3. The van der Waals surface area contributed by atoms with Gasteiger partial charge in [-0.25, -0.2) is 4.39 Å². The molecular weight excluding hydrogens is 415 g/mol. The Hall–Kier alpha value is -2.92. The van der Waals surface area contributed by atoms with Crippen molar-refractivity contribution >= 4 is 0 Å². The number of aryl methyl sites for hydroxylation is 1. The van der Waals surface area contributed by atoms with Gasteiger partial charge in [0.05, 0.1) is 18.8 Å². The summed E-state index contributed by atoms with van der Waals surface area (Å²) in [5.74, 6) is 0.457. The number of rotatable bonds is 8. The van der Waals surface area contributed by atoms with Crippen LogP contribution >= 0.6 is 0 Å². The lowest BCUT2D eigenvalue weighted by molar-refractivity contribution is 0.101. The van der Waals surface area contributed by atoms with Crippen LogP contribution in [0.15, 0.2) is 60.9 Å². The summed E-state index contributed by atoms with van der Waals surface area (Å²) in [4.78, 5) is 6.68. The first-order valence-electron chi connectivity index (χ1n) is 11.8. The fraction of sp³-hybridized carbons (Fsp3) is 0.393. The lowest BCUT2D eigenvalue weighted by Crippen LogP contribution is -2.46. The fourth-order valence-corrected chi connectivity index (χ4v) is 5.08. The highest BCUT2D eigenvalue weighted by atomic mass is 19.1. The van der Waals surface area contributed by atoms with Crippen LogP contribution in [0.1, 0.15) is 61.9 Å². The topological polar surface area (TPSA) is 34.6 Å². The molecule has 2 aromatic carbocycles. The first kappa shape index (κ1) is 23.2. The van der Waals surface area contributed by atoms with Gasteiger partial charge in [0.2, 0.25) is 0 Å². The minimum absolute atomic E-state index is 0.144. The average molecular weight is 449 g/mol. The first-order chi connectivity index (χ1) is 16.0. The zero-order valence-electron chi connectivity index (χ0n) is 20.0. The largest absolute Gasteiger partial charge is 0.494 e. The monoisotopic (exact) mass is 448 g/mol. The lowest BCUT2D eigenvalue weighted by Gasteiger charge is -2.46. The van der Waals surface area contributed by atoms with Crippen molar-refractivity contribution in [2.24, 2.45) is 0 Å². The summed E-state index contributed by atoms with van der Waals surface area (Å²) in [5.41, 5.74) is 3.33. The van der Waals surface area contributed by atoms with Crippen molar-refractivity contribution in [1.29, 1.82) is 0 Å². The minimum atomic E-state index is -0.799. The van der Waals surface area contributed by atoms with Crippen LogP contribution in [0, 0.1) is 5.82 Å². The molecule has 4 rings (SSSR count). The number of pyridine rings is 1. The van der Waals surface area contributed by atoms with Gasteiger partial charge in [0.1, 0.15) is 5.75 Å². The number of halogens is 1. The van der Waals surface area contributed by atoms with Crippen LogP contribution in [-0.4, -0.2) is 30.1 Å². The molecule has 0 saturated carbocycles. The molecule has 0 radical (unpaired) electrons. The third-order valence-electron chi connectivity index (χ3n) is 6.88. The van der Waals surface area contributed by atoms with E-state index in [-0.39, 0.29) is 17.6 Å². The summed E-state index contributed by atoms with van der Waals surface area (Å²) >= 11 is 0. The van der Waals surface area contributed by atoms with Gasteiger partial charge >= 0.3 is 0 Å². The SMILES string of the molecule is CCOc1cc(OCC)c(F)c(C(C)(c2cccnc2)N(C)[C@H]2CCCc3ccccc32)c1. The second-order valence-electron chi connectivity index (χ2n) is 8.68. The van der Waals surface area contributed by atoms with E-state index >= 15 is 4.39 Å². The van der Waals surface area contributed by atoms with Crippen molar-refractivity contribution in [3.8, 4) is 11.5 Å². The van der Waals surface area contributed by atoms with E-state index in [4.69, 9.17) is 9.47 Å². The maximum Gasteiger partial charge on any atom is 0.170 e. The van der Waals surface area contributed by atoms with Crippen LogP contribution in [0.3, 0.4) is 0 Å². The van der Waals surface area contributed by atoms with Crippen molar-refractivity contribution in [2.75, 3.05) is 20.3 Å². The highest BCUT2D eigenvalue weighted by molar-refractivity contribution is 5.48. The van der Waals surface area contributed by atoms with Gasteiger partial charge in [-0.1, -0.05) is 30.3 Å². The van der Waals surface area contributed by atoms with Crippen LogP contribution in [0.5, 0.6) is 11.5 Å². The number of benzene rings is 2. The van der Waals surface area contributed by atoms with Gasteiger partial charge in [-0.15, -0.1) is 0 Å². The van der Waals surface area contributed by atoms with E-state index in [1.807, 2.05) is 38.2 Å². The number of ether oxygens (including phenoxy) is 2. The minimum Gasteiger partial charge on any atom is -0.494 e. The van der Waals surface area contributed by atoms with Crippen molar-refractivity contribution in [1.82, 2.24) is 9.88 Å². The lowest BCUT2D eigenvalue weighted by atomic mass is 9.79. The van der Waals surface area contributed by atoms with Crippen molar-refractivity contribution < 1.29 is 13.9 Å². The predicted octanol–water partition coefficient (Wildman–Crippen LogP) is 6.29. The van der Waals surface area contributed by atoms with E-state index in [0.29, 0.717) is 24.5 Å². The van der Waals surface area contributed by atoms with Gasteiger partial charge in [0.15, 0.2) is 11.6 Å². The molecule has 5 heteroatoms. The molecule has 3 aromatic rings. The molecule has 1 aliphatic rings. The highest BCUT2D eigenvalue weighted by Crippen LogP contribution is 2.46. The van der Waals surface area contributed by atoms with Crippen molar-refractivity contribution in [3.05, 3.63) is 89.0 Å². The fourth-order valence-electron chi connectivity index (χ4n) is 5.08. The molecule has 0 N–H and O–H groups in total. The summed E-state index contributed by atoms with van der Waals surface area (Å²) < 4.78 is 27.6. The summed E-state index contributed by atoms with van der Waals surface area (Å²) in [6, 6.07) is 16.1. The molecule has 1 aliphatic carbocycles. The summed E-state index contributed by atoms with van der Waals surface area (Å²) in [6.07, 6.45) is 6.76. The smallest absolute Gasteiger partial charge is 0.170 e. The third-order valence-corrected chi connectivity index (χ3v) is 6.88. The van der Waals surface area contributed by atoms with E-state index in [1.165, 1.54) is 11.1 Å². The highest BCUT2D eigenvalue weighted by Gasteiger charge is 2.42. The predicted molar refractivity (Wildman–Crippen MR) is 129 cm³/mol. The summed E-state index contributed by atoms with van der Waals surface area (Å²) in [5, 5.41) is 0. The molecule has 1 unspecified atom stereocenters. The van der Waals surface area contributed by atoms with E-state index in [9.17, 15) is 0 Å². The number of aromatic nitrogens is 1. The quantitative estimate of drug-likeness (QED) is 0.406. The molecule has 33 heavy (non-hydrogen) atoms. The molecule has 174 valence electrons. The standard InChI is InChI=1S/C28H33FN2O2/c1-5-32-22-17-24(27(29)26(18-22)33-6-2)28(3,21-13-10-16-30-19-21)31(4)25-15-9-12-20-11-7-8-14-23(20)25/h7-8,10-11,13-14,16-19,25H,5-6,9,12,15H2,1-4H3/t25-,28?/m0/s1. The molecule has 1 aromatic heterocycles. The molecule has 0 aliphatic heterocycles. The Labute approximate surface area is 196 Å². The first-order valence-corrected chi connectivity index (χ1v) is 11.8. The average Bonchev–Trinajstić information content (AvgIpc) is 2.85. The number of fused-ring (bicyclic) bond motifs is 1.